The molecule has 0 radical (unpaired) electrons. The number of nitrogens with zero attached hydrogens (tertiary/aromatic N) is 1. The minimum atomic E-state index is -1.37. The fraction of sp³-hybridized carbons (Fsp3) is 0.391. The van der Waals surface area contributed by atoms with E-state index in [1.165, 1.54) is 16.0 Å². The van der Waals surface area contributed by atoms with Crippen molar-refractivity contribution in [2.45, 2.75) is 30.8 Å². The molecule has 2 aromatic rings. The molecule has 7 heteroatoms. The summed E-state index contributed by atoms with van der Waals surface area (Å²) in [7, 11) is 4.14. The molecule has 6 nitrogen and oxygen atoms in total. The maximum Gasteiger partial charge on any atom is 0.108 e. The van der Waals surface area contributed by atoms with Crippen molar-refractivity contribution in [3.63, 3.8) is 0 Å². The first-order chi connectivity index (χ1) is 14.3. The summed E-state index contributed by atoms with van der Waals surface area (Å²) in [5.74, 6) is -1.65. The van der Waals surface area contributed by atoms with Gasteiger partial charge in [0.1, 0.15) is 6.10 Å². The summed E-state index contributed by atoms with van der Waals surface area (Å²) >= 11 is 1.87. The average molecular weight is 432 g/mol. The van der Waals surface area contributed by atoms with Gasteiger partial charge in [-0.1, -0.05) is 49.4 Å². The van der Waals surface area contributed by atoms with Crippen LogP contribution in [0.15, 0.2) is 59.5 Å². The molecular weight excluding hydrogens is 402 g/mol. The van der Waals surface area contributed by atoms with E-state index in [1.54, 1.807) is 0 Å². The predicted octanol–water partition coefficient (Wildman–Crippen LogP) is 1.73. The summed E-state index contributed by atoms with van der Waals surface area (Å²) in [5, 5.41) is 19.0. The van der Waals surface area contributed by atoms with Gasteiger partial charge in [-0.3, -0.25) is 0 Å². The normalized spacial score (nSPS) is 11.5. The topological polar surface area (TPSA) is 92.7 Å². The number of carbonyl (C=O) groups is 2. The lowest BCUT2D eigenvalue weighted by Gasteiger charge is -2.21. The standard InChI is InChI=1S/C19H25NOS.C4H6O4/c1-4-22-18-12-8-11-17(15-18)19(21-14-13-20(2)3)16-9-6-5-7-10-16;5-3(6)1-2-4(7)8/h5-12,15,19H,4,13-14H2,1-3H3;1-2H2,(H,5,6)(H,7,8)/p-2. The number of aliphatic carboxylic acids is 2. The molecule has 0 heterocycles. The summed E-state index contributed by atoms with van der Waals surface area (Å²) < 4.78 is 6.21. The van der Waals surface area contributed by atoms with Gasteiger partial charge in [0, 0.05) is 23.4 Å². The van der Waals surface area contributed by atoms with Crippen LogP contribution in [0.5, 0.6) is 0 Å². The number of ether oxygens (including phenoxy) is 1. The zero-order valence-electron chi connectivity index (χ0n) is 17.7. The molecule has 0 saturated carbocycles. The molecule has 30 heavy (non-hydrogen) atoms. The monoisotopic (exact) mass is 431 g/mol. The van der Waals surface area contributed by atoms with Crippen molar-refractivity contribution in [3.8, 4) is 0 Å². The van der Waals surface area contributed by atoms with E-state index in [2.05, 4.69) is 74.4 Å². The fourth-order valence-electron chi connectivity index (χ4n) is 2.50. The summed E-state index contributed by atoms with van der Waals surface area (Å²) in [6.07, 6.45) is -0.941. The molecule has 1 unspecified atom stereocenters. The van der Waals surface area contributed by atoms with E-state index in [-0.39, 0.29) is 6.10 Å². The van der Waals surface area contributed by atoms with Crippen molar-refractivity contribution in [1.29, 1.82) is 0 Å². The molecule has 2 rings (SSSR count). The van der Waals surface area contributed by atoms with E-state index in [1.807, 2.05) is 17.8 Å². The highest BCUT2D eigenvalue weighted by atomic mass is 32.2. The maximum atomic E-state index is 9.50. The Balaban J connectivity index is 0.000000479. The van der Waals surface area contributed by atoms with E-state index in [4.69, 9.17) is 4.74 Å². The van der Waals surface area contributed by atoms with Crippen LogP contribution < -0.4 is 10.2 Å². The second-order valence-corrected chi connectivity index (χ2v) is 8.05. The fourth-order valence-corrected chi connectivity index (χ4v) is 3.23. The molecule has 1 atom stereocenters. The lowest BCUT2D eigenvalue weighted by molar-refractivity contribution is -0.315. The second-order valence-electron chi connectivity index (χ2n) is 6.71. The minimum Gasteiger partial charge on any atom is -0.550 e. The number of likely N-dealkylation sites (N-methyl/N-ethyl adjacent to an activating group) is 1. The smallest absolute Gasteiger partial charge is 0.108 e. The van der Waals surface area contributed by atoms with Crippen LogP contribution in [0.4, 0.5) is 0 Å². The average Bonchev–Trinajstić information content (AvgIpc) is 2.71. The summed E-state index contributed by atoms with van der Waals surface area (Å²) in [6.45, 7) is 3.82. The van der Waals surface area contributed by atoms with E-state index in [9.17, 15) is 19.8 Å². The van der Waals surface area contributed by atoms with Gasteiger partial charge in [0.15, 0.2) is 0 Å². The largest absolute Gasteiger partial charge is 0.550 e. The Morgan fingerprint density at radius 1 is 0.967 bits per heavy atom. The van der Waals surface area contributed by atoms with E-state index in [0.29, 0.717) is 0 Å². The van der Waals surface area contributed by atoms with Crippen molar-refractivity contribution in [1.82, 2.24) is 4.90 Å². The van der Waals surface area contributed by atoms with Crippen LogP contribution in [0.3, 0.4) is 0 Å². The predicted molar refractivity (Wildman–Crippen MR) is 115 cm³/mol. The van der Waals surface area contributed by atoms with Crippen LogP contribution in [-0.4, -0.2) is 49.8 Å². The van der Waals surface area contributed by atoms with Crippen LogP contribution >= 0.6 is 11.8 Å². The molecule has 0 saturated heterocycles. The molecule has 164 valence electrons. The van der Waals surface area contributed by atoms with Crippen LogP contribution in [0.2, 0.25) is 0 Å². The molecule has 0 aromatic heterocycles. The van der Waals surface area contributed by atoms with Crippen molar-refractivity contribution >= 4 is 23.7 Å². The summed E-state index contributed by atoms with van der Waals surface area (Å²) in [4.78, 5) is 22.5. The quantitative estimate of drug-likeness (QED) is 0.500. The molecular formula is C23H29NO5S-2. The third kappa shape index (κ3) is 11.0. The Labute approximate surface area is 182 Å². The molecule has 0 aliphatic carbocycles. The maximum absolute atomic E-state index is 9.50. The van der Waals surface area contributed by atoms with Gasteiger partial charge in [-0.15, -0.1) is 11.8 Å². The Morgan fingerprint density at radius 2 is 1.57 bits per heavy atom. The molecule has 0 amide bonds. The third-order valence-corrected chi connectivity index (χ3v) is 4.81. The van der Waals surface area contributed by atoms with Crippen LogP contribution in [-0.2, 0) is 14.3 Å². The van der Waals surface area contributed by atoms with Crippen molar-refractivity contribution in [2.75, 3.05) is 33.0 Å². The van der Waals surface area contributed by atoms with E-state index >= 15 is 0 Å². The molecule has 0 aliphatic rings. The van der Waals surface area contributed by atoms with Crippen molar-refractivity contribution in [3.05, 3.63) is 65.7 Å². The van der Waals surface area contributed by atoms with E-state index < -0.39 is 24.8 Å². The van der Waals surface area contributed by atoms with Gasteiger partial charge < -0.3 is 29.4 Å². The number of thioether (sulfide) groups is 1. The molecule has 0 bridgehead atoms. The van der Waals surface area contributed by atoms with Crippen LogP contribution in [0.1, 0.15) is 37.0 Å². The highest BCUT2D eigenvalue weighted by molar-refractivity contribution is 7.99. The van der Waals surface area contributed by atoms with Gasteiger partial charge in [0.05, 0.1) is 6.61 Å². The summed E-state index contributed by atoms with van der Waals surface area (Å²) in [5.41, 5.74) is 2.43. The number of carboxylic acid groups (broad SMARTS) is 2. The van der Waals surface area contributed by atoms with Crippen molar-refractivity contribution in [2.24, 2.45) is 0 Å². The minimum absolute atomic E-state index is 0.00134. The Hall–Kier alpha value is -2.35. The molecule has 0 aliphatic heterocycles. The van der Waals surface area contributed by atoms with Gasteiger partial charge in [0.25, 0.3) is 0 Å². The highest BCUT2D eigenvalue weighted by Crippen LogP contribution is 2.29. The van der Waals surface area contributed by atoms with Crippen LogP contribution in [0, 0.1) is 0 Å². The lowest BCUT2D eigenvalue weighted by atomic mass is 10.0. The zero-order valence-corrected chi connectivity index (χ0v) is 18.5. The number of carboxylic acids is 2. The van der Waals surface area contributed by atoms with Crippen LogP contribution in [0.25, 0.3) is 0 Å². The molecule has 0 fully saturated rings. The third-order valence-electron chi connectivity index (χ3n) is 3.93. The first kappa shape index (κ1) is 25.7. The SMILES string of the molecule is CCSc1cccc(C(OCCN(C)C)c2ccccc2)c1.O=C([O-])CCC(=O)[O-]. The lowest BCUT2D eigenvalue weighted by Crippen LogP contribution is -2.27. The molecule has 2 aromatic carbocycles. The first-order valence-corrected chi connectivity index (χ1v) is 10.8. The number of hydrogen-bond donors (Lipinski definition) is 0. The number of hydrogen-bond acceptors (Lipinski definition) is 7. The van der Waals surface area contributed by atoms with Gasteiger partial charge in [-0.25, -0.2) is 0 Å². The van der Waals surface area contributed by atoms with E-state index in [0.717, 1.165) is 18.9 Å². The molecule has 0 N–H and O–H groups in total. The molecule has 0 spiro atoms. The van der Waals surface area contributed by atoms with Gasteiger partial charge in [-0.05, 0) is 55.9 Å². The summed E-state index contributed by atoms with van der Waals surface area (Å²) in [6, 6.07) is 19.2. The van der Waals surface area contributed by atoms with Crippen molar-refractivity contribution < 1.29 is 24.5 Å². The Morgan fingerprint density at radius 3 is 2.10 bits per heavy atom. The van der Waals surface area contributed by atoms with Gasteiger partial charge in [0.2, 0.25) is 0 Å². The highest BCUT2D eigenvalue weighted by Gasteiger charge is 2.15. The number of benzene rings is 2. The number of rotatable bonds is 11. The Kier molecular flexibility index (Phi) is 12.5. The zero-order chi connectivity index (χ0) is 22.4. The van der Waals surface area contributed by atoms with Gasteiger partial charge >= 0.3 is 0 Å². The first-order valence-electron chi connectivity index (χ1n) is 9.77. The number of carbonyl (C=O) groups excluding carboxylic acids is 2. The second kappa shape index (κ2) is 14.6. The Bertz CT molecular complexity index is 753. The van der Waals surface area contributed by atoms with Gasteiger partial charge in [-0.2, -0.15) is 0 Å².